The van der Waals surface area contributed by atoms with Gasteiger partial charge in [-0.05, 0) is 71.4 Å². The van der Waals surface area contributed by atoms with Gasteiger partial charge in [-0.25, -0.2) is 4.79 Å². The first-order valence-corrected chi connectivity index (χ1v) is 26.9. The lowest BCUT2D eigenvalue weighted by Crippen LogP contribution is -2.20. The standard InChI is InChI=1S/C43H38N12O17S4/c1-52-19-25(13-31(52)39(56)44-23-7-5-21-9-27(73(61,62)63)15-35(29(21)11-23)75(67,68)69)46-41(58)33-17-37(50-54(33)3)48-43(60)49-38-18-34(55(4)51-38)42(59)47-26-14-32(53(2)20-26)40(57)45-24-8-6-22-10-28(74(64,65)66)16-36(30(22)12-24)76(70,71)72/h5-20H,1-4H3,(H,44,56)(H,45,57)(H,46,58)(H,47,59)(H,61,62,63)(H,64,65,66)(H,67,68,69)(H,70,71,72)(H2,48,49,50,51,60). The summed E-state index contributed by atoms with van der Waals surface area (Å²) in [6, 6.07) is 14.8. The Hall–Kier alpha value is -8.83. The highest BCUT2D eigenvalue weighted by atomic mass is 32.2. The summed E-state index contributed by atoms with van der Waals surface area (Å²) in [5, 5.41) is 23.2. The summed E-state index contributed by atoms with van der Waals surface area (Å²) in [4.78, 5) is 63.1. The van der Waals surface area contributed by atoms with E-state index < -0.39 is 89.7 Å². The summed E-state index contributed by atoms with van der Waals surface area (Å²) in [5.74, 6) is -3.06. The summed E-state index contributed by atoms with van der Waals surface area (Å²) >= 11 is 0. The van der Waals surface area contributed by atoms with Crippen LogP contribution in [0, 0.1) is 0 Å². The zero-order valence-electron chi connectivity index (χ0n) is 39.1. The van der Waals surface area contributed by atoms with Gasteiger partial charge >= 0.3 is 6.03 Å². The van der Waals surface area contributed by atoms with E-state index in [9.17, 15) is 75.9 Å². The number of aromatic nitrogens is 6. The number of hydrogen-bond donors (Lipinski definition) is 10. The molecule has 4 aromatic heterocycles. The lowest BCUT2D eigenvalue weighted by molar-refractivity contribution is 0.100. The van der Waals surface area contributed by atoms with Crippen LogP contribution in [0.4, 0.5) is 39.2 Å². The Kier molecular flexibility index (Phi) is 13.7. The van der Waals surface area contributed by atoms with Crippen molar-refractivity contribution in [3.05, 3.63) is 120 Å². The summed E-state index contributed by atoms with van der Waals surface area (Å²) < 4.78 is 139. The fourth-order valence-electron chi connectivity index (χ4n) is 7.72. The number of fused-ring (bicyclic) bond motifs is 2. The summed E-state index contributed by atoms with van der Waals surface area (Å²) in [5.41, 5.74) is 0.278. The van der Waals surface area contributed by atoms with E-state index >= 15 is 0 Å². The number of hydrogen-bond acceptors (Lipinski definition) is 15. The molecule has 10 N–H and O–H groups in total. The lowest BCUT2D eigenvalue weighted by Gasteiger charge is -2.10. The van der Waals surface area contributed by atoms with E-state index in [1.165, 1.54) is 110 Å². The third-order valence-corrected chi connectivity index (χ3v) is 14.6. The molecule has 4 heterocycles. The first-order valence-electron chi connectivity index (χ1n) is 21.1. The average molecular weight is 1120 g/mol. The molecule has 0 aliphatic heterocycles. The predicted octanol–water partition coefficient (Wildman–Crippen LogP) is 3.78. The average Bonchev–Trinajstić information content (AvgIpc) is 4.08. The molecule has 6 amide bonds. The van der Waals surface area contributed by atoms with E-state index in [4.69, 9.17) is 0 Å². The first-order chi connectivity index (χ1) is 35.3. The van der Waals surface area contributed by atoms with Gasteiger partial charge in [-0.2, -0.15) is 43.9 Å². The maximum atomic E-state index is 13.4. The van der Waals surface area contributed by atoms with Gasteiger partial charge < -0.3 is 30.4 Å². The second-order valence-electron chi connectivity index (χ2n) is 16.5. The Morgan fingerprint density at radius 2 is 0.750 bits per heavy atom. The molecule has 4 aromatic carbocycles. The quantitative estimate of drug-likeness (QED) is 0.0693. The van der Waals surface area contributed by atoms with Crippen LogP contribution in [0.15, 0.2) is 117 Å². The Balaban J connectivity index is 0.872. The van der Waals surface area contributed by atoms with Crippen molar-refractivity contribution in [2.45, 2.75) is 19.6 Å². The number of aryl methyl sites for hydroxylation is 4. The molecule has 0 aliphatic rings. The molecule has 0 saturated heterocycles. The molecule has 8 rings (SSSR count). The Morgan fingerprint density at radius 1 is 0.408 bits per heavy atom. The highest BCUT2D eigenvalue weighted by Gasteiger charge is 2.25. The van der Waals surface area contributed by atoms with Crippen molar-refractivity contribution in [2.75, 3.05) is 31.9 Å². The highest BCUT2D eigenvalue weighted by Crippen LogP contribution is 2.32. The molecule has 396 valence electrons. The Morgan fingerprint density at radius 3 is 1.09 bits per heavy atom. The fraction of sp³-hybridized carbons (Fsp3) is 0.0930. The minimum atomic E-state index is -5.01. The smallest absolute Gasteiger partial charge is 0.326 e. The molecular weight excluding hydrogens is 1080 g/mol. The number of anilines is 6. The maximum absolute atomic E-state index is 13.4. The second kappa shape index (κ2) is 19.5. The SMILES string of the molecule is Cn1cc(NC(=O)c2cc(NC(=O)Nc3cc(C(=O)Nc4cc(C(=O)Nc5ccc6cc(S(=O)(=O)O)cc(S(=O)(=O)O)c6c5)n(C)c4)n(C)n3)nn2C)cc1C(=O)Nc1ccc2cc(S(=O)(=O)O)cc(S(=O)(=O)O)c2c1. The number of nitrogens with zero attached hydrogens (tertiary/aromatic N) is 6. The fourth-order valence-corrected chi connectivity index (χ4v) is 10.4. The molecule has 0 atom stereocenters. The van der Waals surface area contributed by atoms with Crippen molar-refractivity contribution >= 4 is 126 Å². The predicted molar refractivity (Wildman–Crippen MR) is 269 cm³/mol. The summed E-state index contributed by atoms with van der Waals surface area (Å²) in [6.07, 6.45) is 2.81. The molecule has 0 spiro atoms. The van der Waals surface area contributed by atoms with Gasteiger partial charge in [-0.3, -0.25) is 57.4 Å². The summed E-state index contributed by atoms with van der Waals surface area (Å²) in [6.45, 7) is 0. The molecule has 76 heavy (non-hydrogen) atoms. The van der Waals surface area contributed by atoms with Crippen LogP contribution in [-0.4, -0.2) is 110 Å². The van der Waals surface area contributed by atoms with Gasteiger partial charge in [-0.1, -0.05) is 12.1 Å². The van der Waals surface area contributed by atoms with Crippen molar-refractivity contribution in [1.29, 1.82) is 0 Å². The van der Waals surface area contributed by atoms with Gasteiger partial charge in [0.15, 0.2) is 11.6 Å². The van der Waals surface area contributed by atoms with E-state index in [1.54, 1.807) is 0 Å². The number of rotatable bonds is 14. The second-order valence-corrected chi connectivity index (χ2v) is 22.2. The number of benzene rings is 4. The van der Waals surface area contributed by atoms with Crippen molar-refractivity contribution < 1.29 is 75.9 Å². The Bertz CT molecular complexity index is 4020. The number of nitrogens with one attached hydrogen (secondary N) is 6. The molecule has 0 saturated carbocycles. The summed E-state index contributed by atoms with van der Waals surface area (Å²) in [7, 11) is -13.9. The molecule has 29 nitrogen and oxygen atoms in total. The van der Waals surface area contributed by atoms with Crippen LogP contribution in [0.1, 0.15) is 42.0 Å². The normalized spacial score (nSPS) is 12.1. The van der Waals surface area contributed by atoms with Gasteiger partial charge in [0, 0.05) is 74.9 Å². The van der Waals surface area contributed by atoms with Gasteiger partial charge in [0.25, 0.3) is 64.1 Å². The number of carbonyl (C=O) groups is 5. The maximum Gasteiger partial charge on any atom is 0.326 e. The van der Waals surface area contributed by atoms with E-state index in [0.29, 0.717) is 12.1 Å². The molecule has 0 radical (unpaired) electrons. The molecule has 0 unspecified atom stereocenters. The minimum absolute atomic E-state index is 0.000883. The minimum Gasteiger partial charge on any atom is -0.344 e. The highest BCUT2D eigenvalue weighted by molar-refractivity contribution is 7.87. The largest absolute Gasteiger partial charge is 0.344 e. The molecule has 0 fully saturated rings. The van der Waals surface area contributed by atoms with Crippen LogP contribution >= 0.6 is 0 Å². The van der Waals surface area contributed by atoms with Crippen LogP contribution < -0.4 is 31.9 Å². The van der Waals surface area contributed by atoms with E-state index in [1.807, 2.05) is 0 Å². The zero-order chi connectivity index (χ0) is 55.6. The number of carbonyl (C=O) groups excluding carboxylic acids is 5. The van der Waals surface area contributed by atoms with Crippen LogP contribution in [-0.2, 0) is 68.7 Å². The van der Waals surface area contributed by atoms with Crippen molar-refractivity contribution in [2.24, 2.45) is 28.2 Å². The topological polar surface area (TPSA) is 421 Å². The van der Waals surface area contributed by atoms with Crippen LogP contribution in [0.2, 0.25) is 0 Å². The molecule has 33 heteroatoms. The zero-order valence-corrected chi connectivity index (χ0v) is 42.4. The van der Waals surface area contributed by atoms with E-state index in [2.05, 4.69) is 42.1 Å². The third-order valence-electron chi connectivity index (χ3n) is 11.1. The van der Waals surface area contributed by atoms with Crippen LogP contribution in [0.3, 0.4) is 0 Å². The molecule has 8 aromatic rings. The van der Waals surface area contributed by atoms with Gasteiger partial charge in [0.2, 0.25) is 0 Å². The van der Waals surface area contributed by atoms with Crippen LogP contribution in [0.5, 0.6) is 0 Å². The molecule has 0 bridgehead atoms. The van der Waals surface area contributed by atoms with E-state index in [0.717, 1.165) is 21.5 Å². The van der Waals surface area contributed by atoms with Crippen molar-refractivity contribution in [1.82, 2.24) is 28.7 Å². The van der Waals surface area contributed by atoms with Gasteiger partial charge in [-0.15, -0.1) is 0 Å². The molecular formula is C43H38N12O17S4. The first kappa shape index (κ1) is 53.5. The van der Waals surface area contributed by atoms with Crippen LogP contribution in [0.25, 0.3) is 21.5 Å². The third kappa shape index (κ3) is 11.4. The van der Waals surface area contributed by atoms with Gasteiger partial charge in [0.05, 0.1) is 21.2 Å². The van der Waals surface area contributed by atoms with E-state index in [-0.39, 0.29) is 78.7 Å². The number of urea groups is 1. The Labute approximate surface area is 428 Å². The van der Waals surface area contributed by atoms with Crippen molar-refractivity contribution in [3.8, 4) is 0 Å². The van der Waals surface area contributed by atoms with Gasteiger partial charge in [0.1, 0.15) is 32.6 Å². The molecule has 0 aliphatic carbocycles. The monoisotopic (exact) mass is 1120 g/mol. The number of amides is 6. The van der Waals surface area contributed by atoms with Crippen molar-refractivity contribution in [3.63, 3.8) is 0 Å². The lowest BCUT2D eigenvalue weighted by atomic mass is 10.1.